The quantitative estimate of drug-likeness (QED) is 0.480. The second kappa shape index (κ2) is 9.14. The van der Waals surface area contributed by atoms with Gasteiger partial charge in [-0.25, -0.2) is 12.1 Å². The molecule has 0 heterocycles. The molecule has 0 aliphatic rings. The molecule has 0 aliphatic heterocycles. The maximum atomic E-state index is 10.7. The molecule has 5 heteroatoms. The Morgan fingerprint density at radius 2 is 1.42 bits per heavy atom. The van der Waals surface area contributed by atoms with Crippen molar-refractivity contribution in [3.8, 4) is 0 Å². The second-order valence-corrected chi connectivity index (χ2v) is 3.03. The van der Waals surface area contributed by atoms with Crippen LogP contribution in [0.1, 0.15) is 20.7 Å². The van der Waals surface area contributed by atoms with Crippen molar-refractivity contribution in [2.24, 2.45) is 0 Å². The molecule has 0 bridgehead atoms. The third-order valence-electron chi connectivity index (χ3n) is 1.91. The SMILES string of the molecule is COC(=O)[c-]1[c-][c-][c-][c-]1.COC(=O)[c-]1cccc1.[Fe]. The van der Waals surface area contributed by atoms with Gasteiger partial charge in [-0.15, -0.1) is 0 Å². The number of carbonyl (C=O) groups is 2. The van der Waals surface area contributed by atoms with Crippen molar-refractivity contribution in [3.63, 3.8) is 0 Å². The number of hydrogen-bond donors (Lipinski definition) is 0. The summed E-state index contributed by atoms with van der Waals surface area (Å²) in [5, 5.41) is 0. The van der Waals surface area contributed by atoms with Crippen molar-refractivity contribution in [3.05, 3.63) is 59.7 Å². The Hall–Kier alpha value is -1.84. The molecule has 0 radical (unpaired) electrons. The molecule has 104 valence electrons. The van der Waals surface area contributed by atoms with E-state index in [1.54, 1.807) is 24.3 Å². The minimum absolute atomic E-state index is 0. The molecule has 2 aromatic carbocycles. The fourth-order valence-corrected chi connectivity index (χ4v) is 1.05. The van der Waals surface area contributed by atoms with Gasteiger partial charge in [-0.3, -0.25) is 4.79 Å². The van der Waals surface area contributed by atoms with Crippen LogP contribution in [0.2, 0.25) is 0 Å². The first-order valence-corrected chi connectivity index (χ1v) is 4.96. The fourth-order valence-electron chi connectivity index (χ4n) is 1.05. The number of carbonyl (C=O) groups excluding carboxylic acids is 2. The van der Waals surface area contributed by atoms with Crippen LogP contribution in [-0.2, 0) is 26.5 Å². The van der Waals surface area contributed by atoms with Gasteiger partial charge >= 0.3 is 0 Å². The van der Waals surface area contributed by atoms with Crippen molar-refractivity contribution < 1.29 is 36.1 Å². The Labute approximate surface area is 122 Å². The summed E-state index contributed by atoms with van der Waals surface area (Å²) in [6, 6.07) is 16.9. The van der Waals surface area contributed by atoms with Crippen molar-refractivity contribution in [2.75, 3.05) is 14.2 Å². The van der Waals surface area contributed by atoms with Gasteiger partial charge in [-0.05, 0) is 0 Å². The summed E-state index contributed by atoms with van der Waals surface area (Å²) in [6.07, 6.45) is 0. The molecule has 2 rings (SSSR count). The Bertz CT molecular complexity index is 425. The summed E-state index contributed by atoms with van der Waals surface area (Å²) in [5.41, 5.74) is 0.856. The van der Waals surface area contributed by atoms with Crippen LogP contribution in [0, 0.1) is 24.3 Å². The summed E-state index contributed by atoms with van der Waals surface area (Å²) in [5.74, 6) is -0.729. The largest absolute Gasteiger partial charge is 0.886 e. The van der Waals surface area contributed by atoms with Crippen molar-refractivity contribution >= 4 is 11.9 Å². The van der Waals surface area contributed by atoms with Gasteiger partial charge in [0.15, 0.2) is 0 Å². The zero-order valence-electron chi connectivity index (χ0n) is 10.3. The van der Waals surface area contributed by atoms with Gasteiger partial charge in [0, 0.05) is 24.2 Å². The first-order valence-electron chi connectivity index (χ1n) is 4.96. The van der Waals surface area contributed by atoms with E-state index in [4.69, 9.17) is 0 Å². The van der Waals surface area contributed by atoms with E-state index in [1.807, 2.05) is 0 Å². The number of ether oxygens (including phenoxy) is 2. The number of rotatable bonds is 2. The van der Waals surface area contributed by atoms with E-state index in [0.717, 1.165) is 0 Å². The molecule has 0 amide bonds. The van der Waals surface area contributed by atoms with Gasteiger partial charge in [0.1, 0.15) is 0 Å². The van der Waals surface area contributed by atoms with Crippen molar-refractivity contribution in [2.45, 2.75) is 0 Å². The maximum absolute atomic E-state index is 10.7. The summed E-state index contributed by atoms with van der Waals surface area (Å²) in [7, 11) is 2.67. The standard InChI is InChI=1S/C7H7O2.C7H3O2.Fe/c2*1-9-7(8)6-4-2-3-5-6;/h2-5H,1H3;1H3;/q-1;-5;. The summed E-state index contributed by atoms with van der Waals surface area (Å²) in [6.45, 7) is 0. The van der Waals surface area contributed by atoms with E-state index in [0.29, 0.717) is 5.56 Å². The number of esters is 2. The number of hydrogen-bond acceptors (Lipinski definition) is 4. The van der Waals surface area contributed by atoms with Crippen LogP contribution in [0.15, 0.2) is 24.3 Å². The predicted octanol–water partition coefficient (Wildman–Crippen LogP) is 1.58. The van der Waals surface area contributed by atoms with Gasteiger partial charge in [0.25, 0.3) is 5.97 Å². The molecule has 0 aromatic heterocycles. The zero-order valence-corrected chi connectivity index (χ0v) is 11.4. The molecule has 0 saturated heterocycles. The monoisotopic (exact) mass is 298 g/mol. The fraction of sp³-hybridized carbons (Fsp3) is 0.143. The summed E-state index contributed by atoms with van der Waals surface area (Å²) < 4.78 is 8.81. The van der Waals surface area contributed by atoms with Gasteiger partial charge in [0.05, 0.1) is 7.11 Å². The van der Waals surface area contributed by atoms with Gasteiger partial charge in [-0.1, -0.05) is 11.5 Å². The molecule has 19 heavy (non-hydrogen) atoms. The molecule has 0 saturated carbocycles. The maximum Gasteiger partial charge on any atom is 0.280 e. The second-order valence-electron chi connectivity index (χ2n) is 3.03. The van der Waals surface area contributed by atoms with Crippen LogP contribution in [0.3, 0.4) is 0 Å². The molecule has 0 spiro atoms. The molecular weight excluding hydrogens is 288 g/mol. The van der Waals surface area contributed by atoms with E-state index in [-0.39, 0.29) is 28.6 Å². The van der Waals surface area contributed by atoms with Crippen LogP contribution < -0.4 is 0 Å². The van der Waals surface area contributed by atoms with E-state index >= 15 is 0 Å². The van der Waals surface area contributed by atoms with Gasteiger partial charge in [-0.2, -0.15) is 12.1 Å². The zero-order chi connectivity index (χ0) is 13.4. The van der Waals surface area contributed by atoms with Crippen molar-refractivity contribution in [1.29, 1.82) is 0 Å². The Balaban J connectivity index is 0.000000324. The summed E-state index contributed by atoms with van der Waals surface area (Å²) in [4.78, 5) is 21.2. The van der Waals surface area contributed by atoms with Crippen LogP contribution in [0.25, 0.3) is 0 Å². The van der Waals surface area contributed by atoms with Crippen molar-refractivity contribution in [1.82, 2.24) is 0 Å². The molecule has 0 fully saturated rings. The van der Waals surface area contributed by atoms with E-state index in [9.17, 15) is 9.59 Å². The number of methoxy groups -OCH3 is 2. The first kappa shape index (κ1) is 17.2. The Morgan fingerprint density at radius 3 is 1.84 bits per heavy atom. The first-order chi connectivity index (χ1) is 8.69. The summed E-state index contributed by atoms with van der Waals surface area (Å²) >= 11 is 0. The topological polar surface area (TPSA) is 52.6 Å². The smallest absolute Gasteiger partial charge is 0.280 e. The van der Waals surface area contributed by atoms with E-state index in [1.165, 1.54) is 14.2 Å². The van der Waals surface area contributed by atoms with Gasteiger partial charge in [0.2, 0.25) is 0 Å². The van der Waals surface area contributed by atoms with Crippen LogP contribution in [0.4, 0.5) is 0 Å². The van der Waals surface area contributed by atoms with E-state index in [2.05, 4.69) is 33.7 Å². The molecular formula is C14H10FeO4-6. The molecule has 2 aromatic rings. The average molecular weight is 298 g/mol. The average Bonchev–Trinajstić information content (AvgIpc) is 3.09. The molecule has 0 atom stereocenters. The third kappa shape index (κ3) is 5.55. The molecule has 0 N–H and O–H groups in total. The van der Waals surface area contributed by atoms with Crippen LogP contribution in [-0.4, -0.2) is 26.2 Å². The molecule has 0 aliphatic carbocycles. The molecule has 0 unspecified atom stereocenters. The Kier molecular flexibility index (Phi) is 8.25. The predicted molar refractivity (Wildman–Crippen MR) is 62.1 cm³/mol. The third-order valence-corrected chi connectivity index (χ3v) is 1.91. The van der Waals surface area contributed by atoms with Crippen LogP contribution in [0.5, 0.6) is 0 Å². The normalized spacial score (nSPS) is 8.53. The van der Waals surface area contributed by atoms with E-state index < -0.39 is 5.97 Å². The van der Waals surface area contributed by atoms with Crippen LogP contribution >= 0.6 is 0 Å². The minimum Gasteiger partial charge on any atom is -0.886 e. The minimum atomic E-state index is -0.451. The van der Waals surface area contributed by atoms with Gasteiger partial charge < -0.3 is 44.1 Å². The molecule has 4 nitrogen and oxygen atoms in total. The Morgan fingerprint density at radius 1 is 0.947 bits per heavy atom.